The number of aryl methyl sites for hydroxylation is 2. The van der Waals surface area contributed by atoms with Crippen molar-refractivity contribution in [3.8, 4) is 28.5 Å². The highest BCUT2D eigenvalue weighted by Gasteiger charge is 2.42. The summed E-state index contributed by atoms with van der Waals surface area (Å²) in [6.45, 7) is 8.86. The van der Waals surface area contributed by atoms with Crippen molar-refractivity contribution in [3.63, 3.8) is 0 Å². The van der Waals surface area contributed by atoms with E-state index in [1.165, 1.54) is 0 Å². The number of aromatic hydroxyl groups is 1. The molecule has 3 aromatic rings. The molecule has 8 nitrogen and oxygen atoms in total. The second-order valence-electron chi connectivity index (χ2n) is 9.43. The number of aliphatic hydroxyl groups is 1. The van der Waals surface area contributed by atoms with Gasteiger partial charge >= 0.3 is 0 Å². The van der Waals surface area contributed by atoms with E-state index in [0.29, 0.717) is 59.5 Å². The summed E-state index contributed by atoms with van der Waals surface area (Å²) >= 11 is 0. The van der Waals surface area contributed by atoms with Gasteiger partial charge in [0.25, 0.3) is 5.91 Å². The Morgan fingerprint density at radius 3 is 2.63 bits per heavy atom. The van der Waals surface area contributed by atoms with Crippen LogP contribution in [0.25, 0.3) is 11.3 Å². The molecule has 1 unspecified atom stereocenters. The van der Waals surface area contributed by atoms with Gasteiger partial charge in [0, 0.05) is 24.3 Å². The van der Waals surface area contributed by atoms with Gasteiger partial charge in [0.1, 0.15) is 17.1 Å². The van der Waals surface area contributed by atoms with Crippen LogP contribution >= 0.6 is 0 Å². The number of ether oxygens (including phenoxy) is 2. The molecule has 0 saturated heterocycles. The Bertz CT molecular complexity index is 1230. The van der Waals surface area contributed by atoms with E-state index < -0.39 is 6.04 Å². The summed E-state index contributed by atoms with van der Waals surface area (Å²) in [5.41, 5.74) is 4.75. The van der Waals surface area contributed by atoms with E-state index in [4.69, 9.17) is 9.47 Å². The number of carbonyl (C=O) groups is 1. The Kier molecular flexibility index (Phi) is 7.03. The van der Waals surface area contributed by atoms with Crippen LogP contribution in [-0.4, -0.2) is 58.1 Å². The van der Waals surface area contributed by atoms with Crippen LogP contribution in [0.1, 0.15) is 59.1 Å². The van der Waals surface area contributed by atoms with Crippen LogP contribution in [0.15, 0.2) is 30.3 Å². The van der Waals surface area contributed by atoms with Crippen LogP contribution in [-0.2, 0) is 0 Å². The Morgan fingerprint density at radius 2 is 1.94 bits per heavy atom. The van der Waals surface area contributed by atoms with Gasteiger partial charge in [-0.2, -0.15) is 5.10 Å². The summed E-state index contributed by atoms with van der Waals surface area (Å²) < 4.78 is 11.5. The number of phenols is 1. The maximum absolute atomic E-state index is 13.4. The molecule has 0 aliphatic carbocycles. The van der Waals surface area contributed by atoms with Gasteiger partial charge in [-0.25, -0.2) is 0 Å². The van der Waals surface area contributed by atoms with Crippen LogP contribution in [0.2, 0.25) is 0 Å². The van der Waals surface area contributed by atoms with E-state index in [1.54, 1.807) is 12.0 Å². The van der Waals surface area contributed by atoms with Gasteiger partial charge in [-0.15, -0.1) is 0 Å². The maximum Gasteiger partial charge on any atom is 0.273 e. The monoisotopic (exact) mass is 479 g/mol. The molecule has 0 fully saturated rings. The number of rotatable bonds is 9. The maximum atomic E-state index is 13.4. The molecule has 1 amide bonds. The van der Waals surface area contributed by atoms with E-state index in [1.807, 2.05) is 44.2 Å². The molecule has 0 radical (unpaired) electrons. The number of nitrogens with zero attached hydrogens (tertiary/aromatic N) is 2. The Balaban J connectivity index is 1.85. The lowest BCUT2D eigenvalue weighted by molar-refractivity contribution is 0.0732. The minimum atomic E-state index is -0.467. The van der Waals surface area contributed by atoms with E-state index in [-0.39, 0.29) is 18.3 Å². The predicted octanol–water partition coefficient (Wildman–Crippen LogP) is 4.37. The normalized spacial score (nSPS) is 15.1. The molecule has 0 spiro atoms. The number of carbonyl (C=O) groups excluding carboxylic acids is 1. The van der Waals surface area contributed by atoms with Gasteiger partial charge < -0.3 is 24.6 Å². The van der Waals surface area contributed by atoms with Crippen molar-refractivity contribution in [1.29, 1.82) is 0 Å². The van der Waals surface area contributed by atoms with E-state index in [2.05, 4.69) is 24.0 Å². The largest absolute Gasteiger partial charge is 0.507 e. The van der Waals surface area contributed by atoms with Crippen LogP contribution in [0.4, 0.5) is 0 Å². The number of amides is 1. The molecule has 2 aromatic carbocycles. The van der Waals surface area contributed by atoms with Crippen molar-refractivity contribution in [2.45, 2.75) is 40.2 Å². The summed E-state index contributed by atoms with van der Waals surface area (Å²) in [5, 5.41) is 27.7. The summed E-state index contributed by atoms with van der Waals surface area (Å²) in [6.07, 6.45) is 0.441. The molecule has 4 rings (SSSR count). The molecule has 8 heteroatoms. The third kappa shape index (κ3) is 4.58. The van der Waals surface area contributed by atoms with Gasteiger partial charge in [0.05, 0.1) is 19.8 Å². The number of nitrogens with one attached hydrogen (secondary N) is 1. The molecule has 35 heavy (non-hydrogen) atoms. The number of aromatic nitrogens is 2. The number of phenolic OH excluding ortho intramolecular Hbond substituents is 1. The molecule has 1 aromatic heterocycles. The zero-order chi connectivity index (χ0) is 25.3. The number of methoxy groups -OCH3 is 1. The highest BCUT2D eigenvalue weighted by atomic mass is 16.5. The first-order chi connectivity index (χ1) is 16.8. The molecule has 186 valence electrons. The molecule has 1 atom stereocenters. The molecule has 2 heterocycles. The average molecular weight is 480 g/mol. The van der Waals surface area contributed by atoms with Crippen molar-refractivity contribution in [3.05, 3.63) is 58.3 Å². The van der Waals surface area contributed by atoms with Gasteiger partial charge in [-0.05, 0) is 61.1 Å². The Morgan fingerprint density at radius 1 is 1.17 bits per heavy atom. The SMILES string of the molecule is COc1cc(C2c3c(-c4cc(C)cc(C)c4O)n[nH]c3C(=O)N2CCCO)ccc1OCC(C)C. The lowest BCUT2D eigenvalue weighted by atomic mass is 9.94. The van der Waals surface area contributed by atoms with Crippen molar-refractivity contribution in [2.24, 2.45) is 5.92 Å². The van der Waals surface area contributed by atoms with Gasteiger partial charge in [0.15, 0.2) is 11.5 Å². The number of aliphatic hydroxyl groups excluding tert-OH is 1. The number of hydrogen-bond donors (Lipinski definition) is 3. The average Bonchev–Trinajstić information content (AvgIpc) is 3.37. The quantitative estimate of drug-likeness (QED) is 0.421. The molecular formula is C27H33N3O5. The smallest absolute Gasteiger partial charge is 0.273 e. The van der Waals surface area contributed by atoms with Crippen LogP contribution in [0, 0.1) is 19.8 Å². The first-order valence-corrected chi connectivity index (χ1v) is 11.9. The number of benzene rings is 2. The number of hydrogen-bond acceptors (Lipinski definition) is 6. The second kappa shape index (κ2) is 10.00. The van der Waals surface area contributed by atoms with E-state index in [9.17, 15) is 15.0 Å². The molecule has 0 bridgehead atoms. The predicted molar refractivity (Wildman–Crippen MR) is 133 cm³/mol. The summed E-state index contributed by atoms with van der Waals surface area (Å²) in [4.78, 5) is 15.1. The zero-order valence-corrected chi connectivity index (χ0v) is 20.9. The number of H-pyrrole nitrogens is 1. The van der Waals surface area contributed by atoms with Crippen LogP contribution in [0.3, 0.4) is 0 Å². The third-order valence-corrected chi connectivity index (χ3v) is 6.20. The fourth-order valence-electron chi connectivity index (χ4n) is 4.59. The second-order valence-corrected chi connectivity index (χ2v) is 9.43. The standard InChI is InChI=1S/C27H33N3O5/c1-15(2)14-35-20-8-7-18(13-21(20)34-5)25-22-23(19-12-16(3)11-17(4)26(19)32)28-29-24(22)27(33)30(25)9-6-10-31/h7-8,11-13,15,25,31-32H,6,9-10,14H2,1-5H3,(H,28,29). The first-order valence-electron chi connectivity index (χ1n) is 11.9. The first kappa shape index (κ1) is 24.6. The lowest BCUT2D eigenvalue weighted by Crippen LogP contribution is -2.31. The van der Waals surface area contributed by atoms with Crippen LogP contribution in [0.5, 0.6) is 17.2 Å². The van der Waals surface area contributed by atoms with Gasteiger partial charge in [-0.1, -0.05) is 26.0 Å². The fraction of sp³-hybridized carbons (Fsp3) is 0.407. The molecule has 3 N–H and O–H groups in total. The van der Waals surface area contributed by atoms with Crippen molar-refractivity contribution < 1.29 is 24.5 Å². The summed E-state index contributed by atoms with van der Waals surface area (Å²) in [7, 11) is 1.59. The van der Waals surface area contributed by atoms with Gasteiger partial charge in [0.2, 0.25) is 0 Å². The molecule has 1 aliphatic rings. The fourth-order valence-corrected chi connectivity index (χ4v) is 4.59. The van der Waals surface area contributed by atoms with Gasteiger partial charge in [-0.3, -0.25) is 9.89 Å². The minimum Gasteiger partial charge on any atom is -0.507 e. The summed E-state index contributed by atoms with van der Waals surface area (Å²) in [5.74, 6) is 1.52. The highest BCUT2D eigenvalue weighted by Crippen LogP contribution is 2.46. The van der Waals surface area contributed by atoms with E-state index in [0.717, 1.165) is 16.7 Å². The van der Waals surface area contributed by atoms with Crippen molar-refractivity contribution in [1.82, 2.24) is 15.1 Å². The van der Waals surface area contributed by atoms with Crippen molar-refractivity contribution >= 4 is 5.91 Å². The lowest BCUT2D eigenvalue weighted by Gasteiger charge is -2.27. The number of aromatic amines is 1. The van der Waals surface area contributed by atoms with Crippen molar-refractivity contribution in [2.75, 3.05) is 26.9 Å². The zero-order valence-electron chi connectivity index (χ0n) is 20.9. The Hall–Kier alpha value is -3.52. The molecule has 1 aliphatic heterocycles. The minimum absolute atomic E-state index is 0.0291. The third-order valence-electron chi connectivity index (χ3n) is 6.20. The number of fused-ring (bicyclic) bond motifs is 1. The highest BCUT2D eigenvalue weighted by molar-refractivity contribution is 6.00. The van der Waals surface area contributed by atoms with E-state index >= 15 is 0 Å². The molecular weight excluding hydrogens is 446 g/mol. The summed E-state index contributed by atoms with van der Waals surface area (Å²) in [6, 6.07) is 8.98. The molecule has 0 saturated carbocycles. The topological polar surface area (TPSA) is 108 Å². The Labute approximate surface area is 205 Å². The van der Waals surface area contributed by atoms with Crippen LogP contribution < -0.4 is 9.47 Å².